The van der Waals surface area contributed by atoms with Gasteiger partial charge in [0.05, 0.1) is 11.1 Å². The first-order valence-corrected chi connectivity index (χ1v) is 12.1. The van der Waals surface area contributed by atoms with Crippen molar-refractivity contribution in [2.24, 2.45) is 5.84 Å². The first-order chi connectivity index (χ1) is 16.0. The standard InChI is InChI=1S/C26H31N3O4/c1-2-3-4-5-6-7-8-9-10-11-16-28-23(30)17-12-14-19-22-20(26(33)29(27)25(19)32)15-13-18(21(17)22)24(28)31/h12-15H,2-11,16,27H2,1H3. The number of amides is 4. The van der Waals surface area contributed by atoms with E-state index in [2.05, 4.69) is 6.92 Å². The smallest absolute Gasteiger partial charge is 0.274 e. The van der Waals surface area contributed by atoms with Gasteiger partial charge in [-0.1, -0.05) is 64.7 Å². The number of unbranched alkanes of at least 4 members (excludes halogenated alkanes) is 9. The lowest BCUT2D eigenvalue weighted by molar-refractivity contribution is 0.0587. The van der Waals surface area contributed by atoms with Gasteiger partial charge in [0.1, 0.15) is 0 Å². The largest absolute Gasteiger partial charge is 0.275 e. The lowest BCUT2D eigenvalue weighted by Gasteiger charge is -2.30. The molecule has 2 aliphatic rings. The van der Waals surface area contributed by atoms with Crippen molar-refractivity contribution in [2.75, 3.05) is 6.54 Å². The Morgan fingerprint density at radius 3 is 1.36 bits per heavy atom. The highest BCUT2D eigenvalue weighted by Gasteiger charge is 2.38. The van der Waals surface area contributed by atoms with Crippen LogP contribution in [0.5, 0.6) is 0 Å². The maximum absolute atomic E-state index is 13.2. The monoisotopic (exact) mass is 449 g/mol. The Morgan fingerprint density at radius 1 is 0.576 bits per heavy atom. The fraction of sp³-hybridized carbons (Fsp3) is 0.462. The molecule has 0 unspecified atom stereocenters. The van der Waals surface area contributed by atoms with Crippen LogP contribution in [0.15, 0.2) is 24.3 Å². The molecule has 0 aliphatic carbocycles. The summed E-state index contributed by atoms with van der Waals surface area (Å²) in [4.78, 5) is 52.6. The Labute approximate surface area is 193 Å². The molecule has 4 rings (SSSR count). The fourth-order valence-electron chi connectivity index (χ4n) is 4.90. The summed E-state index contributed by atoms with van der Waals surface area (Å²) in [7, 11) is 0. The van der Waals surface area contributed by atoms with Gasteiger partial charge in [0.25, 0.3) is 23.6 Å². The fourth-order valence-corrected chi connectivity index (χ4v) is 4.90. The van der Waals surface area contributed by atoms with Gasteiger partial charge in [-0.3, -0.25) is 24.1 Å². The Kier molecular flexibility index (Phi) is 6.88. The van der Waals surface area contributed by atoms with E-state index in [0.29, 0.717) is 33.5 Å². The molecule has 0 fully saturated rings. The second kappa shape index (κ2) is 9.83. The van der Waals surface area contributed by atoms with Crippen LogP contribution in [0, 0.1) is 0 Å². The average Bonchev–Trinajstić information content (AvgIpc) is 2.82. The molecule has 174 valence electrons. The van der Waals surface area contributed by atoms with Gasteiger partial charge in [-0.15, -0.1) is 0 Å². The van der Waals surface area contributed by atoms with E-state index in [4.69, 9.17) is 5.84 Å². The molecule has 33 heavy (non-hydrogen) atoms. The normalized spacial score (nSPS) is 15.2. The number of rotatable bonds is 11. The van der Waals surface area contributed by atoms with Crippen LogP contribution in [0.25, 0.3) is 10.8 Å². The molecule has 0 bridgehead atoms. The van der Waals surface area contributed by atoms with E-state index < -0.39 is 11.8 Å². The molecule has 2 aromatic carbocycles. The van der Waals surface area contributed by atoms with E-state index >= 15 is 0 Å². The van der Waals surface area contributed by atoms with Crippen molar-refractivity contribution < 1.29 is 19.2 Å². The first-order valence-electron chi connectivity index (χ1n) is 12.1. The van der Waals surface area contributed by atoms with E-state index in [-0.39, 0.29) is 22.9 Å². The van der Waals surface area contributed by atoms with Crippen molar-refractivity contribution in [3.8, 4) is 0 Å². The second-order valence-corrected chi connectivity index (χ2v) is 9.00. The van der Waals surface area contributed by atoms with Crippen LogP contribution in [-0.2, 0) is 0 Å². The molecule has 2 aliphatic heterocycles. The van der Waals surface area contributed by atoms with Crippen LogP contribution in [0.1, 0.15) is 113 Å². The highest BCUT2D eigenvalue weighted by Crippen LogP contribution is 2.37. The molecule has 2 aromatic rings. The molecule has 0 radical (unpaired) electrons. The highest BCUT2D eigenvalue weighted by molar-refractivity contribution is 6.33. The summed E-state index contributed by atoms with van der Waals surface area (Å²) in [6.45, 7) is 2.59. The van der Waals surface area contributed by atoms with Crippen molar-refractivity contribution in [3.63, 3.8) is 0 Å². The summed E-state index contributed by atoms with van der Waals surface area (Å²) in [5, 5.41) is 1.31. The Bertz CT molecular complexity index is 1050. The van der Waals surface area contributed by atoms with Gasteiger partial charge in [0.15, 0.2) is 0 Å². The summed E-state index contributed by atoms with van der Waals surface area (Å²) in [6, 6.07) is 6.16. The summed E-state index contributed by atoms with van der Waals surface area (Å²) >= 11 is 0. The van der Waals surface area contributed by atoms with Gasteiger partial charge in [-0.2, -0.15) is 0 Å². The molecule has 0 atom stereocenters. The number of hydrogen-bond acceptors (Lipinski definition) is 5. The molecule has 7 heteroatoms. The summed E-state index contributed by atoms with van der Waals surface area (Å²) < 4.78 is 0. The van der Waals surface area contributed by atoms with E-state index in [0.717, 1.165) is 19.3 Å². The van der Waals surface area contributed by atoms with Crippen molar-refractivity contribution in [2.45, 2.75) is 71.1 Å². The SMILES string of the molecule is CCCCCCCCCCCCN1C(=O)c2ccc3c4c(ccc(c24)C1=O)C(=O)N(N)C3=O. The van der Waals surface area contributed by atoms with Crippen molar-refractivity contribution in [1.82, 2.24) is 9.91 Å². The van der Waals surface area contributed by atoms with Crippen molar-refractivity contribution in [1.29, 1.82) is 0 Å². The zero-order valence-corrected chi connectivity index (χ0v) is 19.2. The predicted octanol–water partition coefficient (Wildman–Crippen LogP) is 4.83. The molecular weight excluding hydrogens is 418 g/mol. The summed E-state index contributed by atoms with van der Waals surface area (Å²) in [5.74, 6) is 3.61. The number of benzene rings is 2. The van der Waals surface area contributed by atoms with Crippen LogP contribution in [-0.4, -0.2) is 40.1 Å². The average molecular weight is 450 g/mol. The number of nitrogens with two attached hydrogens (primary N) is 1. The predicted molar refractivity (Wildman–Crippen MR) is 126 cm³/mol. The molecule has 0 saturated carbocycles. The minimum Gasteiger partial charge on any atom is -0.274 e. The maximum Gasteiger partial charge on any atom is 0.275 e. The van der Waals surface area contributed by atoms with Gasteiger partial charge in [0, 0.05) is 28.4 Å². The lowest BCUT2D eigenvalue weighted by Crippen LogP contribution is -2.46. The minimum absolute atomic E-state index is 0.233. The third-order valence-corrected chi connectivity index (χ3v) is 6.75. The van der Waals surface area contributed by atoms with Gasteiger partial charge < -0.3 is 0 Å². The summed E-state index contributed by atoms with van der Waals surface area (Å²) in [6.07, 6.45) is 11.7. The Morgan fingerprint density at radius 2 is 0.939 bits per heavy atom. The van der Waals surface area contributed by atoms with Crippen LogP contribution < -0.4 is 5.84 Å². The highest BCUT2D eigenvalue weighted by atomic mass is 16.2. The quantitative estimate of drug-likeness (QED) is 0.229. The molecule has 2 N–H and O–H groups in total. The zero-order chi connectivity index (χ0) is 23.5. The minimum atomic E-state index is -0.635. The van der Waals surface area contributed by atoms with Gasteiger partial charge in [-0.25, -0.2) is 10.9 Å². The number of imide groups is 2. The van der Waals surface area contributed by atoms with Crippen LogP contribution in [0.4, 0.5) is 0 Å². The molecule has 4 amide bonds. The summed E-state index contributed by atoms with van der Waals surface area (Å²) in [5.41, 5.74) is 1.17. The number of carbonyl (C=O) groups excluding carboxylic acids is 4. The van der Waals surface area contributed by atoms with Crippen molar-refractivity contribution in [3.05, 3.63) is 46.5 Å². The third-order valence-electron chi connectivity index (χ3n) is 6.75. The molecule has 0 aromatic heterocycles. The zero-order valence-electron chi connectivity index (χ0n) is 19.2. The Hall–Kier alpha value is -3.06. The molecular formula is C26H31N3O4. The van der Waals surface area contributed by atoms with Gasteiger partial charge >= 0.3 is 0 Å². The van der Waals surface area contributed by atoms with Crippen LogP contribution in [0.3, 0.4) is 0 Å². The van der Waals surface area contributed by atoms with Crippen molar-refractivity contribution >= 4 is 34.4 Å². The topological polar surface area (TPSA) is 101 Å². The van der Waals surface area contributed by atoms with E-state index in [1.54, 1.807) is 12.1 Å². The number of hydrogen-bond donors (Lipinski definition) is 1. The number of hydrazine groups is 1. The lowest BCUT2D eigenvalue weighted by atomic mass is 9.86. The molecule has 0 spiro atoms. The van der Waals surface area contributed by atoms with Gasteiger partial charge in [-0.05, 0) is 30.7 Å². The van der Waals surface area contributed by atoms with Gasteiger partial charge in [0.2, 0.25) is 0 Å². The second-order valence-electron chi connectivity index (χ2n) is 9.00. The maximum atomic E-state index is 13.2. The van der Waals surface area contributed by atoms with Crippen LogP contribution >= 0.6 is 0 Å². The van der Waals surface area contributed by atoms with E-state index in [9.17, 15) is 19.2 Å². The third kappa shape index (κ3) is 4.17. The number of nitrogens with zero attached hydrogens (tertiary/aromatic N) is 2. The number of carbonyl (C=O) groups is 4. The molecule has 0 saturated heterocycles. The van der Waals surface area contributed by atoms with Crippen LogP contribution in [0.2, 0.25) is 0 Å². The van der Waals surface area contributed by atoms with E-state index in [1.165, 1.54) is 62.0 Å². The first kappa shape index (κ1) is 23.1. The Balaban J connectivity index is 1.43. The van der Waals surface area contributed by atoms with E-state index in [1.807, 2.05) is 0 Å². The molecule has 7 nitrogen and oxygen atoms in total. The molecule has 2 heterocycles.